The van der Waals surface area contributed by atoms with Gasteiger partial charge in [0.1, 0.15) is 0 Å². The van der Waals surface area contributed by atoms with E-state index in [1.54, 1.807) is 6.07 Å². The maximum absolute atomic E-state index is 10.9. The molecule has 4 nitrogen and oxygen atoms in total. The molecule has 1 N–H and O–H groups in total. The van der Waals surface area contributed by atoms with Crippen LogP contribution in [0.1, 0.15) is 26.7 Å². The molecule has 0 spiro atoms. The van der Waals surface area contributed by atoms with Gasteiger partial charge in [-0.25, -0.2) is 13.1 Å². The summed E-state index contributed by atoms with van der Waals surface area (Å²) in [6, 6.07) is 1.61. The summed E-state index contributed by atoms with van der Waals surface area (Å²) in [5.41, 5.74) is 0. The predicted molar refractivity (Wildman–Crippen MR) is 51.5 cm³/mol. The van der Waals surface area contributed by atoms with Gasteiger partial charge in [0.05, 0.1) is 6.07 Å². The number of hydrogen-bond donors (Lipinski definition) is 1. The number of hydrogen-bond acceptors (Lipinski definition) is 3. The first-order valence-electron chi connectivity index (χ1n) is 4.32. The first-order chi connectivity index (χ1) is 5.98. The summed E-state index contributed by atoms with van der Waals surface area (Å²) < 4.78 is 24.2. The molecule has 0 bridgehead atoms. The molecule has 0 aliphatic carbocycles. The zero-order valence-corrected chi connectivity index (χ0v) is 8.89. The van der Waals surface area contributed by atoms with Crippen LogP contribution in [0.15, 0.2) is 0 Å². The molecule has 0 aromatic rings. The van der Waals surface area contributed by atoms with E-state index in [9.17, 15) is 8.42 Å². The fourth-order valence-corrected chi connectivity index (χ4v) is 1.60. The van der Waals surface area contributed by atoms with E-state index >= 15 is 0 Å². The zero-order chi connectivity index (χ0) is 10.3. The molecular weight excluding hydrogens is 188 g/mol. The van der Waals surface area contributed by atoms with Crippen LogP contribution in [0.3, 0.4) is 0 Å². The van der Waals surface area contributed by atoms with Gasteiger partial charge in [0.25, 0.3) is 0 Å². The van der Waals surface area contributed by atoms with Gasteiger partial charge in [0.15, 0.2) is 5.75 Å². The Balaban J connectivity index is 3.60. The summed E-state index contributed by atoms with van der Waals surface area (Å²) in [4.78, 5) is 0. The van der Waals surface area contributed by atoms with E-state index in [1.165, 1.54) is 0 Å². The van der Waals surface area contributed by atoms with Crippen LogP contribution < -0.4 is 4.72 Å². The Hall–Kier alpha value is -0.600. The Bertz CT molecular complexity index is 264. The Morgan fingerprint density at radius 3 is 2.54 bits per heavy atom. The molecule has 76 valence electrons. The van der Waals surface area contributed by atoms with E-state index in [2.05, 4.69) is 18.6 Å². The van der Waals surface area contributed by atoms with Gasteiger partial charge in [-0.15, -0.1) is 0 Å². The molecular formula is C8H16N2O2S. The highest BCUT2D eigenvalue weighted by Gasteiger charge is 2.07. The molecule has 13 heavy (non-hydrogen) atoms. The van der Waals surface area contributed by atoms with E-state index in [0.717, 1.165) is 12.8 Å². The van der Waals surface area contributed by atoms with Crippen molar-refractivity contribution in [2.24, 2.45) is 5.92 Å². The van der Waals surface area contributed by atoms with E-state index in [0.29, 0.717) is 12.5 Å². The third-order valence-corrected chi connectivity index (χ3v) is 2.69. The molecule has 0 fully saturated rings. The number of nitrogens with zero attached hydrogens (tertiary/aromatic N) is 1. The largest absolute Gasteiger partial charge is 0.225 e. The van der Waals surface area contributed by atoms with Crippen LogP contribution in [0.25, 0.3) is 0 Å². The Morgan fingerprint density at radius 2 is 2.08 bits per heavy atom. The van der Waals surface area contributed by atoms with Crippen molar-refractivity contribution in [3.05, 3.63) is 0 Å². The molecule has 0 amide bonds. The van der Waals surface area contributed by atoms with Crippen molar-refractivity contribution in [2.45, 2.75) is 26.7 Å². The number of nitrogens with one attached hydrogen (secondary N) is 1. The number of sulfonamides is 1. The fraction of sp³-hybridized carbons (Fsp3) is 0.875. The molecule has 0 rings (SSSR count). The van der Waals surface area contributed by atoms with Crippen LogP contribution in [0.4, 0.5) is 0 Å². The highest BCUT2D eigenvalue weighted by Crippen LogP contribution is 2.01. The molecule has 0 saturated heterocycles. The second-order valence-corrected chi connectivity index (χ2v) is 5.15. The molecule has 5 heteroatoms. The van der Waals surface area contributed by atoms with E-state index in [1.807, 2.05) is 0 Å². The van der Waals surface area contributed by atoms with Gasteiger partial charge in [-0.05, 0) is 18.8 Å². The molecule has 0 saturated carbocycles. The molecule has 0 aromatic heterocycles. The Kier molecular flexibility index (Phi) is 5.67. The SMILES string of the molecule is CC(C)CCCNS(=O)(=O)CC#N. The second-order valence-electron chi connectivity index (χ2n) is 3.35. The van der Waals surface area contributed by atoms with Crippen molar-refractivity contribution in [3.63, 3.8) is 0 Å². The highest BCUT2D eigenvalue weighted by atomic mass is 32.2. The minimum Gasteiger partial charge on any atom is -0.214 e. The topological polar surface area (TPSA) is 70.0 Å². The average molecular weight is 204 g/mol. The number of nitriles is 1. The van der Waals surface area contributed by atoms with Gasteiger partial charge < -0.3 is 0 Å². The maximum atomic E-state index is 10.9. The van der Waals surface area contributed by atoms with Crippen LogP contribution in [-0.4, -0.2) is 20.7 Å². The summed E-state index contributed by atoms with van der Waals surface area (Å²) in [6.07, 6.45) is 1.82. The highest BCUT2D eigenvalue weighted by molar-refractivity contribution is 7.89. The van der Waals surface area contributed by atoms with Crippen LogP contribution in [-0.2, 0) is 10.0 Å². The molecule has 0 aromatic carbocycles. The van der Waals surface area contributed by atoms with Crippen LogP contribution in [0.5, 0.6) is 0 Å². The van der Waals surface area contributed by atoms with Crippen molar-refractivity contribution < 1.29 is 8.42 Å². The predicted octanol–water partition coefficient (Wildman–Crippen LogP) is 0.866. The average Bonchev–Trinajstić information content (AvgIpc) is 1.98. The first kappa shape index (κ1) is 12.4. The van der Waals surface area contributed by atoms with E-state index < -0.39 is 15.8 Å². The third-order valence-electron chi connectivity index (χ3n) is 1.53. The van der Waals surface area contributed by atoms with Crippen molar-refractivity contribution in [2.75, 3.05) is 12.3 Å². The van der Waals surface area contributed by atoms with Crippen molar-refractivity contribution in [1.29, 1.82) is 5.26 Å². The standard InChI is InChI=1S/C8H16N2O2S/c1-8(2)4-3-6-10-13(11,12)7-5-9/h8,10H,3-4,6-7H2,1-2H3. The van der Waals surface area contributed by atoms with Crippen LogP contribution >= 0.6 is 0 Å². The second kappa shape index (κ2) is 5.95. The van der Waals surface area contributed by atoms with Gasteiger partial charge in [0.2, 0.25) is 10.0 Å². The van der Waals surface area contributed by atoms with Crippen molar-refractivity contribution in [1.82, 2.24) is 4.72 Å². The summed E-state index contributed by atoms with van der Waals surface area (Å²) in [6.45, 7) is 4.61. The minimum absolute atomic E-state index is 0.433. The van der Waals surface area contributed by atoms with Gasteiger partial charge in [-0.3, -0.25) is 0 Å². The maximum Gasteiger partial charge on any atom is 0.225 e. The smallest absolute Gasteiger partial charge is 0.214 e. The van der Waals surface area contributed by atoms with Crippen molar-refractivity contribution >= 4 is 10.0 Å². The monoisotopic (exact) mass is 204 g/mol. The lowest BCUT2D eigenvalue weighted by atomic mass is 10.1. The lowest BCUT2D eigenvalue weighted by Gasteiger charge is -2.05. The molecule has 0 atom stereocenters. The normalized spacial score (nSPS) is 11.5. The van der Waals surface area contributed by atoms with Crippen LogP contribution in [0, 0.1) is 17.2 Å². The Labute approximate surface area is 80.0 Å². The summed E-state index contributed by atoms with van der Waals surface area (Å²) in [5, 5.41) is 8.18. The van der Waals surface area contributed by atoms with Gasteiger partial charge in [0, 0.05) is 6.54 Å². The molecule has 0 heterocycles. The summed E-state index contributed by atoms with van der Waals surface area (Å²) >= 11 is 0. The van der Waals surface area contributed by atoms with Gasteiger partial charge in [-0.1, -0.05) is 13.8 Å². The quantitative estimate of drug-likeness (QED) is 0.652. The molecule has 0 aliphatic rings. The zero-order valence-electron chi connectivity index (χ0n) is 8.08. The molecule has 0 unspecified atom stereocenters. The Morgan fingerprint density at radius 1 is 1.46 bits per heavy atom. The number of rotatable bonds is 6. The molecule has 0 aliphatic heterocycles. The third kappa shape index (κ3) is 7.75. The minimum atomic E-state index is -3.34. The van der Waals surface area contributed by atoms with Crippen molar-refractivity contribution in [3.8, 4) is 6.07 Å². The van der Waals surface area contributed by atoms with Gasteiger partial charge >= 0.3 is 0 Å². The van der Waals surface area contributed by atoms with E-state index in [-0.39, 0.29) is 0 Å². The van der Waals surface area contributed by atoms with Gasteiger partial charge in [-0.2, -0.15) is 5.26 Å². The first-order valence-corrected chi connectivity index (χ1v) is 5.97. The summed E-state index contributed by atoms with van der Waals surface area (Å²) in [7, 11) is -3.34. The summed E-state index contributed by atoms with van der Waals surface area (Å²) in [5.74, 6) is 0.134. The molecule has 0 radical (unpaired) electrons. The fourth-order valence-electron chi connectivity index (χ4n) is 0.874. The lowest BCUT2D eigenvalue weighted by Crippen LogP contribution is -2.26. The van der Waals surface area contributed by atoms with Crippen LogP contribution in [0.2, 0.25) is 0 Å². The lowest BCUT2D eigenvalue weighted by molar-refractivity contribution is 0.541. The van der Waals surface area contributed by atoms with E-state index in [4.69, 9.17) is 5.26 Å².